The van der Waals surface area contributed by atoms with Crippen LogP contribution in [0.4, 0.5) is 0 Å². The van der Waals surface area contributed by atoms with E-state index in [1.54, 1.807) is 0 Å². The molecule has 3 heteroatoms. The predicted octanol–water partition coefficient (Wildman–Crippen LogP) is 3.89. The van der Waals surface area contributed by atoms with Crippen LogP contribution in [0.25, 0.3) is 0 Å². The molecule has 20 heavy (non-hydrogen) atoms. The normalized spacial score (nSPS) is 26.9. The van der Waals surface area contributed by atoms with Gasteiger partial charge in [0.05, 0.1) is 11.7 Å². The van der Waals surface area contributed by atoms with Crippen LogP contribution in [0.3, 0.4) is 0 Å². The van der Waals surface area contributed by atoms with Crippen molar-refractivity contribution in [2.24, 2.45) is 5.92 Å². The Morgan fingerprint density at radius 3 is 2.70 bits per heavy atom. The van der Waals surface area contributed by atoms with Crippen LogP contribution < -0.4 is 5.32 Å². The second-order valence-corrected chi connectivity index (χ2v) is 6.84. The zero-order chi connectivity index (χ0) is 14.1. The smallest absolute Gasteiger partial charge is 0.0641 e. The minimum Gasteiger partial charge on any atom is -0.310 e. The number of nitrogens with one attached hydrogen (secondary N) is 1. The zero-order valence-electron chi connectivity index (χ0n) is 13.3. The minimum atomic E-state index is 0.641. The molecular formula is C17H29N3. The van der Waals surface area contributed by atoms with Crippen molar-refractivity contribution in [2.75, 3.05) is 0 Å². The van der Waals surface area contributed by atoms with Gasteiger partial charge in [0, 0.05) is 23.8 Å². The summed E-state index contributed by atoms with van der Waals surface area (Å²) in [5.74, 6) is 0.908. The summed E-state index contributed by atoms with van der Waals surface area (Å²) < 4.78 is 2.35. The lowest BCUT2D eigenvalue weighted by Gasteiger charge is -2.29. The van der Waals surface area contributed by atoms with Gasteiger partial charge >= 0.3 is 0 Å². The molecule has 2 aliphatic rings. The fourth-order valence-electron chi connectivity index (χ4n) is 3.70. The van der Waals surface area contributed by atoms with Gasteiger partial charge in [-0.25, -0.2) is 0 Å². The Bertz CT molecular complexity index is 459. The van der Waals surface area contributed by atoms with Crippen LogP contribution >= 0.6 is 0 Å². The number of rotatable bonds is 5. The van der Waals surface area contributed by atoms with Crippen molar-refractivity contribution in [3.63, 3.8) is 0 Å². The molecule has 0 spiro atoms. The van der Waals surface area contributed by atoms with Crippen molar-refractivity contribution in [1.82, 2.24) is 15.1 Å². The van der Waals surface area contributed by atoms with Crippen LogP contribution in [0, 0.1) is 19.8 Å². The average Bonchev–Trinajstić information content (AvgIpc) is 3.24. The number of aryl methyl sites for hydroxylation is 1. The molecule has 0 aliphatic heterocycles. The SMILES string of the molecule is CCC1CCCC(n2nc(C)c(CNC3CC3)c2C)C1. The van der Waals surface area contributed by atoms with Crippen LogP contribution in [0.5, 0.6) is 0 Å². The minimum absolute atomic E-state index is 0.641. The van der Waals surface area contributed by atoms with Gasteiger partial charge in [-0.1, -0.05) is 26.2 Å². The fourth-order valence-corrected chi connectivity index (χ4v) is 3.70. The topological polar surface area (TPSA) is 29.9 Å². The molecule has 2 fully saturated rings. The molecule has 0 aromatic carbocycles. The lowest BCUT2D eigenvalue weighted by atomic mass is 9.84. The Balaban J connectivity index is 1.73. The van der Waals surface area contributed by atoms with Crippen molar-refractivity contribution >= 4 is 0 Å². The van der Waals surface area contributed by atoms with Crippen molar-refractivity contribution in [3.05, 3.63) is 17.0 Å². The largest absolute Gasteiger partial charge is 0.310 e. The second kappa shape index (κ2) is 5.88. The quantitative estimate of drug-likeness (QED) is 0.883. The van der Waals surface area contributed by atoms with E-state index in [9.17, 15) is 0 Å². The molecule has 2 aliphatic carbocycles. The van der Waals surface area contributed by atoms with Gasteiger partial charge in [0.25, 0.3) is 0 Å². The first-order chi connectivity index (χ1) is 9.69. The van der Waals surface area contributed by atoms with E-state index in [1.165, 1.54) is 61.9 Å². The highest BCUT2D eigenvalue weighted by atomic mass is 15.3. The van der Waals surface area contributed by atoms with E-state index < -0.39 is 0 Å². The lowest BCUT2D eigenvalue weighted by molar-refractivity contribution is 0.244. The van der Waals surface area contributed by atoms with Gasteiger partial charge in [-0.2, -0.15) is 5.10 Å². The Morgan fingerprint density at radius 2 is 2.00 bits per heavy atom. The third-order valence-corrected chi connectivity index (χ3v) is 5.30. The van der Waals surface area contributed by atoms with Crippen molar-refractivity contribution in [2.45, 2.75) is 84.3 Å². The van der Waals surface area contributed by atoms with Gasteiger partial charge in [0.2, 0.25) is 0 Å². The Morgan fingerprint density at radius 1 is 1.20 bits per heavy atom. The summed E-state index contributed by atoms with van der Waals surface area (Å²) in [5.41, 5.74) is 4.07. The molecule has 1 aromatic heterocycles. The summed E-state index contributed by atoms with van der Waals surface area (Å²) in [6.07, 6.45) is 9.47. The predicted molar refractivity (Wildman–Crippen MR) is 82.8 cm³/mol. The van der Waals surface area contributed by atoms with Crippen LogP contribution in [-0.4, -0.2) is 15.8 Å². The Kier molecular flexibility index (Phi) is 4.16. The van der Waals surface area contributed by atoms with E-state index in [0.29, 0.717) is 6.04 Å². The summed E-state index contributed by atoms with van der Waals surface area (Å²) in [5, 5.41) is 8.52. The second-order valence-electron chi connectivity index (χ2n) is 6.84. The molecule has 2 atom stereocenters. The molecule has 2 unspecified atom stereocenters. The maximum absolute atomic E-state index is 4.88. The van der Waals surface area contributed by atoms with E-state index >= 15 is 0 Å². The first-order valence-electron chi connectivity index (χ1n) is 8.47. The Labute approximate surface area is 123 Å². The highest BCUT2D eigenvalue weighted by molar-refractivity contribution is 5.25. The van der Waals surface area contributed by atoms with Gasteiger partial charge in [0.1, 0.15) is 0 Å². The van der Waals surface area contributed by atoms with Crippen LogP contribution in [0.15, 0.2) is 0 Å². The molecule has 0 radical (unpaired) electrons. The first-order valence-corrected chi connectivity index (χ1v) is 8.47. The van der Waals surface area contributed by atoms with Gasteiger partial charge in [-0.05, 0) is 45.4 Å². The molecular weight excluding hydrogens is 246 g/mol. The molecule has 1 heterocycles. The van der Waals surface area contributed by atoms with E-state index in [2.05, 4.69) is 30.8 Å². The van der Waals surface area contributed by atoms with Gasteiger partial charge < -0.3 is 5.32 Å². The van der Waals surface area contributed by atoms with Crippen LogP contribution in [0.2, 0.25) is 0 Å². The lowest BCUT2D eigenvalue weighted by Crippen LogP contribution is -2.21. The molecule has 3 nitrogen and oxygen atoms in total. The molecule has 0 amide bonds. The summed E-state index contributed by atoms with van der Waals surface area (Å²) >= 11 is 0. The third kappa shape index (κ3) is 2.93. The van der Waals surface area contributed by atoms with E-state index in [4.69, 9.17) is 5.10 Å². The Hall–Kier alpha value is -0.830. The number of aromatic nitrogens is 2. The van der Waals surface area contributed by atoms with Gasteiger partial charge in [-0.3, -0.25) is 4.68 Å². The molecule has 1 aromatic rings. The summed E-state index contributed by atoms with van der Waals surface area (Å²) in [6, 6.07) is 1.42. The van der Waals surface area contributed by atoms with Crippen LogP contribution in [0.1, 0.15) is 74.9 Å². The molecule has 2 saturated carbocycles. The average molecular weight is 275 g/mol. The van der Waals surface area contributed by atoms with Crippen molar-refractivity contribution < 1.29 is 0 Å². The summed E-state index contributed by atoms with van der Waals surface area (Å²) in [6.45, 7) is 7.78. The van der Waals surface area contributed by atoms with Gasteiger partial charge in [0.15, 0.2) is 0 Å². The van der Waals surface area contributed by atoms with Gasteiger partial charge in [-0.15, -0.1) is 0 Å². The molecule has 112 valence electrons. The standard InChI is InChI=1S/C17H29N3/c1-4-14-6-5-7-16(10-14)20-13(3)17(12(2)19-20)11-18-15-8-9-15/h14-16,18H,4-11H2,1-3H3. The maximum atomic E-state index is 4.88. The van der Waals surface area contributed by atoms with Crippen molar-refractivity contribution in [1.29, 1.82) is 0 Å². The van der Waals surface area contributed by atoms with Crippen molar-refractivity contribution in [3.8, 4) is 0 Å². The summed E-state index contributed by atoms with van der Waals surface area (Å²) in [4.78, 5) is 0. The molecule has 3 rings (SSSR count). The summed E-state index contributed by atoms with van der Waals surface area (Å²) in [7, 11) is 0. The first kappa shape index (κ1) is 14.1. The third-order valence-electron chi connectivity index (χ3n) is 5.30. The fraction of sp³-hybridized carbons (Fsp3) is 0.824. The monoisotopic (exact) mass is 275 g/mol. The maximum Gasteiger partial charge on any atom is 0.0641 e. The highest BCUT2D eigenvalue weighted by Crippen LogP contribution is 2.35. The molecule has 0 bridgehead atoms. The number of nitrogens with zero attached hydrogens (tertiary/aromatic N) is 2. The number of hydrogen-bond acceptors (Lipinski definition) is 2. The molecule has 0 saturated heterocycles. The van der Waals surface area contributed by atoms with Crippen LogP contribution in [-0.2, 0) is 6.54 Å². The van der Waals surface area contributed by atoms with E-state index in [-0.39, 0.29) is 0 Å². The van der Waals surface area contributed by atoms with E-state index in [0.717, 1.165) is 18.5 Å². The number of hydrogen-bond donors (Lipinski definition) is 1. The van der Waals surface area contributed by atoms with E-state index in [1.807, 2.05) is 0 Å². The zero-order valence-corrected chi connectivity index (χ0v) is 13.3. The highest BCUT2D eigenvalue weighted by Gasteiger charge is 2.26. The molecule has 1 N–H and O–H groups in total.